The van der Waals surface area contributed by atoms with E-state index in [4.69, 9.17) is 11.6 Å². The lowest BCUT2D eigenvalue weighted by Gasteiger charge is -2.23. The molecule has 0 saturated carbocycles. The lowest BCUT2D eigenvalue weighted by Crippen LogP contribution is -2.30. The van der Waals surface area contributed by atoms with Crippen LogP contribution < -0.4 is 9.80 Å². The standard InChI is InChI=1S/C14H25ClN6/c1-5-21(6-2)14-17-12(15)16-13(18-14)20(4)10-11-7-8-19(3)9-11/h11H,5-10H2,1-4H3. The molecule has 1 aromatic heterocycles. The Hall–Kier alpha value is -1.14. The van der Waals surface area contributed by atoms with Crippen LogP contribution in [0.3, 0.4) is 0 Å². The Morgan fingerprint density at radius 1 is 1.19 bits per heavy atom. The molecule has 7 heteroatoms. The lowest BCUT2D eigenvalue weighted by molar-refractivity contribution is 0.395. The average Bonchev–Trinajstić information content (AvgIpc) is 2.85. The molecule has 0 aliphatic carbocycles. The Morgan fingerprint density at radius 2 is 1.86 bits per heavy atom. The normalized spacial score (nSPS) is 19.0. The molecule has 0 aromatic carbocycles. The molecular formula is C14H25ClN6. The van der Waals surface area contributed by atoms with E-state index in [1.165, 1.54) is 13.0 Å². The molecule has 1 aliphatic rings. The number of hydrogen-bond donors (Lipinski definition) is 0. The molecule has 1 fully saturated rings. The topological polar surface area (TPSA) is 48.4 Å². The zero-order valence-corrected chi connectivity index (χ0v) is 14.1. The third-order valence-corrected chi connectivity index (χ3v) is 4.16. The first-order valence-corrected chi connectivity index (χ1v) is 7.97. The second kappa shape index (κ2) is 7.22. The van der Waals surface area contributed by atoms with E-state index in [1.54, 1.807) is 0 Å². The maximum atomic E-state index is 6.07. The van der Waals surface area contributed by atoms with Gasteiger partial charge in [0.15, 0.2) is 0 Å². The molecule has 0 amide bonds. The van der Waals surface area contributed by atoms with Gasteiger partial charge in [-0.3, -0.25) is 0 Å². The van der Waals surface area contributed by atoms with Gasteiger partial charge in [-0.2, -0.15) is 15.0 Å². The Kier molecular flexibility index (Phi) is 5.58. The summed E-state index contributed by atoms with van der Waals surface area (Å²) in [5.41, 5.74) is 0. The van der Waals surface area contributed by atoms with Gasteiger partial charge in [0.25, 0.3) is 0 Å². The van der Waals surface area contributed by atoms with E-state index >= 15 is 0 Å². The summed E-state index contributed by atoms with van der Waals surface area (Å²) in [6.07, 6.45) is 1.22. The summed E-state index contributed by atoms with van der Waals surface area (Å²) >= 11 is 6.07. The van der Waals surface area contributed by atoms with Crippen molar-refractivity contribution in [3.8, 4) is 0 Å². The summed E-state index contributed by atoms with van der Waals surface area (Å²) < 4.78 is 0. The molecule has 0 bridgehead atoms. The largest absolute Gasteiger partial charge is 0.343 e. The predicted molar refractivity (Wildman–Crippen MR) is 87.3 cm³/mol. The molecule has 1 saturated heterocycles. The highest BCUT2D eigenvalue weighted by Gasteiger charge is 2.22. The monoisotopic (exact) mass is 312 g/mol. The Labute approximate surface area is 132 Å². The zero-order chi connectivity index (χ0) is 15.4. The molecule has 6 nitrogen and oxygen atoms in total. The number of hydrogen-bond acceptors (Lipinski definition) is 6. The first-order valence-electron chi connectivity index (χ1n) is 7.59. The van der Waals surface area contributed by atoms with E-state index in [9.17, 15) is 0 Å². The lowest BCUT2D eigenvalue weighted by atomic mass is 10.1. The van der Waals surface area contributed by atoms with Crippen LogP contribution in [0, 0.1) is 5.92 Å². The highest BCUT2D eigenvalue weighted by Crippen LogP contribution is 2.20. The van der Waals surface area contributed by atoms with Gasteiger partial charge in [-0.1, -0.05) is 0 Å². The molecule has 0 spiro atoms. The molecule has 1 unspecified atom stereocenters. The fourth-order valence-corrected chi connectivity index (χ4v) is 2.94. The number of rotatable bonds is 6. The van der Waals surface area contributed by atoms with Crippen LogP contribution in [0.4, 0.5) is 11.9 Å². The van der Waals surface area contributed by atoms with E-state index in [0.717, 1.165) is 26.2 Å². The van der Waals surface area contributed by atoms with Crippen molar-refractivity contribution in [2.45, 2.75) is 20.3 Å². The van der Waals surface area contributed by atoms with Crippen molar-refractivity contribution in [3.05, 3.63) is 5.28 Å². The van der Waals surface area contributed by atoms with Crippen LogP contribution in [0.2, 0.25) is 5.28 Å². The molecule has 1 atom stereocenters. The van der Waals surface area contributed by atoms with Gasteiger partial charge in [0, 0.05) is 33.2 Å². The molecule has 1 aromatic rings. The van der Waals surface area contributed by atoms with E-state index in [2.05, 4.69) is 50.5 Å². The first-order chi connectivity index (χ1) is 10.0. The molecule has 21 heavy (non-hydrogen) atoms. The third-order valence-electron chi connectivity index (χ3n) is 3.99. The van der Waals surface area contributed by atoms with Crippen LogP contribution in [0.15, 0.2) is 0 Å². The van der Waals surface area contributed by atoms with Gasteiger partial charge < -0.3 is 14.7 Å². The third kappa shape index (κ3) is 4.17. The summed E-state index contributed by atoms with van der Waals surface area (Å²) in [5.74, 6) is 1.98. The van der Waals surface area contributed by atoms with Crippen molar-refractivity contribution >= 4 is 23.5 Å². The molecule has 118 valence electrons. The highest BCUT2D eigenvalue weighted by atomic mass is 35.5. The van der Waals surface area contributed by atoms with E-state index in [-0.39, 0.29) is 5.28 Å². The van der Waals surface area contributed by atoms with Crippen molar-refractivity contribution in [2.24, 2.45) is 5.92 Å². The second-order valence-corrected chi connectivity index (χ2v) is 6.01. The van der Waals surface area contributed by atoms with Gasteiger partial charge in [-0.05, 0) is 51.4 Å². The van der Waals surface area contributed by atoms with Crippen molar-refractivity contribution in [2.75, 3.05) is 56.6 Å². The average molecular weight is 313 g/mol. The SMILES string of the molecule is CCN(CC)c1nc(Cl)nc(N(C)CC2CCN(C)C2)n1. The van der Waals surface area contributed by atoms with E-state index < -0.39 is 0 Å². The smallest absolute Gasteiger partial charge is 0.231 e. The van der Waals surface area contributed by atoms with Crippen LogP contribution >= 0.6 is 11.6 Å². The predicted octanol–water partition coefficient (Wildman–Crippen LogP) is 1.76. The highest BCUT2D eigenvalue weighted by molar-refractivity contribution is 6.28. The van der Waals surface area contributed by atoms with Crippen molar-refractivity contribution in [1.82, 2.24) is 19.9 Å². The summed E-state index contributed by atoms with van der Waals surface area (Å²) in [7, 11) is 4.19. The minimum atomic E-state index is 0.261. The van der Waals surface area contributed by atoms with Gasteiger partial charge in [-0.15, -0.1) is 0 Å². The van der Waals surface area contributed by atoms with Crippen LogP contribution in [0.5, 0.6) is 0 Å². The molecular weight excluding hydrogens is 288 g/mol. The molecule has 2 rings (SSSR count). The number of anilines is 2. The van der Waals surface area contributed by atoms with Gasteiger partial charge in [-0.25, -0.2) is 0 Å². The van der Waals surface area contributed by atoms with Crippen LogP contribution in [-0.2, 0) is 0 Å². The fourth-order valence-electron chi connectivity index (χ4n) is 2.79. The summed E-state index contributed by atoms with van der Waals surface area (Å²) in [6, 6.07) is 0. The first kappa shape index (κ1) is 16.2. The van der Waals surface area contributed by atoms with Crippen molar-refractivity contribution < 1.29 is 0 Å². The molecule has 1 aliphatic heterocycles. The van der Waals surface area contributed by atoms with Gasteiger partial charge in [0.2, 0.25) is 17.2 Å². The number of aromatic nitrogens is 3. The van der Waals surface area contributed by atoms with Crippen LogP contribution in [0.25, 0.3) is 0 Å². The van der Waals surface area contributed by atoms with Gasteiger partial charge in [0.05, 0.1) is 0 Å². The van der Waals surface area contributed by atoms with Crippen LogP contribution in [0.1, 0.15) is 20.3 Å². The number of nitrogens with zero attached hydrogens (tertiary/aromatic N) is 6. The second-order valence-electron chi connectivity index (χ2n) is 5.67. The minimum Gasteiger partial charge on any atom is -0.343 e. The number of halogens is 1. The van der Waals surface area contributed by atoms with E-state index in [1.807, 2.05) is 7.05 Å². The van der Waals surface area contributed by atoms with Gasteiger partial charge >= 0.3 is 0 Å². The Balaban J connectivity index is 2.11. The van der Waals surface area contributed by atoms with Gasteiger partial charge in [0.1, 0.15) is 0 Å². The number of likely N-dealkylation sites (tertiary alicyclic amines) is 1. The molecule has 0 N–H and O–H groups in total. The molecule has 0 radical (unpaired) electrons. The van der Waals surface area contributed by atoms with Crippen LogP contribution in [-0.4, -0.2) is 66.7 Å². The fraction of sp³-hybridized carbons (Fsp3) is 0.786. The summed E-state index contributed by atoms with van der Waals surface area (Å²) in [5, 5.41) is 0.261. The Morgan fingerprint density at radius 3 is 2.43 bits per heavy atom. The zero-order valence-electron chi connectivity index (χ0n) is 13.4. The molecule has 2 heterocycles. The van der Waals surface area contributed by atoms with E-state index in [0.29, 0.717) is 17.8 Å². The Bertz CT molecular complexity index is 465. The maximum Gasteiger partial charge on any atom is 0.231 e. The minimum absolute atomic E-state index is 0.261. The summed E-state index contributed by atoms with van der Waals surface area (Å²) in [4.78, 5) is 19.6. The van der Waals surface area contributed by atoms with Crippen molar-refractivity contribution in [3.63, 3.8) is 0 Å². The maximum absolute atomic E-state index is 6.07. The quantitative estimate of drug-likeness (QED) is 0.798. The summed E-state index contributed by atoms with van der Waals surface area (Å²) in [6.45, 7) is 9.12. The van der Waals surface area contributed by atoms with Crippen molar-refractivity contribution in [1.29, 1.82) is 0 Å².